The van der Waals surface area contributed by atoms with E-state index in [-0.39, 0.29) is 6.04 Å². The molecule has 0 aromatic rings. The lowest BCUT2D eigenvalue weighted by atomic mass is 10.4. The number of carbonyl (C=O) groups excluding carboxylic acids is 1. The summed E-state index contributed by atoms with van der Waals surface area (Å²) < 4.78 is 0. The van der Waals surface area contributed by atoms with Crippen molar-refractivity contribution in [1.29, 1.82) is 0 Å². The van der Waals surface area contributed by atoms with Gasteiger partial charge in [0, 0.05) is 5.75 Å². The molecule has 0 saturated carbocycles. The van der Waals surface area contributed by atoms with Gasteiger partial charge in [-0.25, -0.2) is 0 Å². The van der Waals surface area contributed by atoms with Gasteiger partial charge in [0.2, 0.25) is 6.29 Å². The number of thiol groups is 1. The quantitative estimate of drug-likeness (QED) is 0.527. The van der Waals surface area contributed by atoms with Crippen molar-refractivity contribution in [1.82, 2.24) is 5.32 Å². The van der Waals surface area contributed by atoms with Crippen molar-refractivity contribution in [3.05, 3.63) is 0 Å². The fraction of sp³-hybridized carbons (Fsp3) is 0.800. The van der Waals surface area contributed by atoms with Crippen LogP contribution >= 0.6 is 12.6 Å². The van der Waals surface area contributed by atoms with E-state index in [2.05, 4.69) is 17.9 Å². The van der Waals surface area contributed by atoms with Crippen molar-refractivity contribution in [2.45, 2.75) is 13.0 Å². The first-order chi connectivity index (χ1) is 3.85. The third kappa shape index (κ3) is 3.04. The number of nitrogens with one attached hydrogen (secondary N) is 1. The molecule has 0 aromatic carbocycles. The van der Waals surface area contributed by atoms with Crippen LogP contribution in [-0.2, 0) is 4.79 Å². The van der Waals surface area contributed by atoms with Crippen LogP contribution in [0, 0.1) is 0 Å². The second-order valence-corrected chi connectivity index (χ2v) is 1.78. The first kappa shape index (κ1) is 7.98. The maximum Gasteiger partial charge on any atom is 0.217 e. The number of rotatable bonds is 4. The summed E-state index contributed by atoms with van der Waals surface area (Å²) in [5.74, 6) is 0.525. The first-order valence-electron chi connectivity index (χ1n) is 2.57. The predicted molar refractivity (Wildman–Crippen MR) is 37.0 cm³/mol. The molecule has 0 unspecified atom stereocenters. The van der Waals surface area contributed by atoms with Crippen LogP contribution in [0.5, 0.6) is 0 Å². The number of likely N-dealkylation sites (N-methyl/N-ethyl adjacent to an activating group) is 1. The Hall–Kier alpha value is -0.0200. The Labute approximate surface area is 55.1 Å². The molecular weight excluding hydrogens is 122 g/mol. The van der Waals surface area contributed by atoms with E-state index in [4.69, 9.17) is 0 Å². The molecule has 0 heterocycles. The van der Waals surface area contributed by atoms with Gasteiger partial charge in [0.1, 0.15) is 0 Å². The molecule has 0 aliphatic heterocycles. The second kappa shape index (κ2) is 5.12. The van der Waals surface area contributed by atoms with Crippen LogP contribution in [0.2, 0.25) is 0 Å². The summed E-state index contributed by atoms with van der Waals surface area (Å²) in [7, 11) is 0. The van der Waals surface area contributed by atoms with Gasteiger partial charge in [0.15, 0.2) is 0 Å². The lowest BCUT2D eigenvalue weighted by Crippen LogP contribution is -2.31. The highest BCUT2D eigenvalue weighted by molar-refractivity contribution is 7.80. The van der Waals surface area contributed by atoms with E-state index in [1.165, 1.54) is 0 Å². The molecule has 1 atom stereocenters. The zero-order chi connectivity index (χ0) is 6.41. The molecule has 1 radical (unpaired) electrons. The highest BCUT2D eigenvalue weighted by Crippen LogP contribution is 1.80. The SMILES string of the molecule is CCN[C@@H]([C]=O)CS. The highest BCUT2D eigenvalue weighted by Gasteiger charge is 2.00. The summed E-state index contributed by atoms with van der Waals surface area (Å²) in [5, 5.41) is 2.88. The van der Waals surface area contributed by atoms with E-state index in [0.717, 1.165) is 6.54 Å². The zero-order valence-electron chi connectivity index (χ0n) is 4.85. The van der Waals surface area contributed by atoms with E-state index in [9.17, 15) is 4.79 Å². The molecule has 8 heavy (non-hydrogen) atoms. The lowest BCUT2D eigenvalue weighted by Gasteiger charge is -2.03. The van der Waals surface area contributed by atoms with Gasteiger partial charge in [-0.2, -0.15) is 12.6 Å². The van der Waals surface area contributed by atoms with E-state index >= 15 is 0 Å². The summed E-state index contributed by atoms with van der Waals surface area (Å²) >= 11 is 3.90. The van der Waals surface area contributed by atoms with E-state index in [1.807, 2.05) is 13.2 Å². The lowest BCUT2D eigenvalue weighted by molar-refractivity contribution is 0.530. The zero-order valence-corrected chi connectivity index (χ0v) is 5.74. The third-order valence-electron chi connectivity index (χ3n) is 0.775. The minimum Gasteiger partial charge on any atom is -0.307 e. The average molecular weight is 132 g/mol. The smallest absolute Gasteiger partial charge is 0.217 e. The maximum absolute atomic E-state index is 9.89. The Morgan fingerprint density at radius 1 is 1.88 bits per heavy atom. The van der Waals surface area contributed by atoms with Crippen molar-refractivity contribution in [2.24, 2.45) is 0 Å². The standard InChI is InChI=1S/C5H10NOS/c1-2-6-5(3-7)4-8/h5-6,8H,2,4H2,1H3/t5-/m0/s1. The van der Waals surface area contributed by atoms with Gasteiger partial charge in [-0.3, -0.25) is 4.79 Å². The molecule has 0 amide bonds. The van der Waals surface area contributed by atoms with Crippen LogP contribution in [-0.4, -0.2) is 24.6 Å². The highest BCUT2D eigenvalue weighted by atomic mass is 32.1. The fourth-order valence-electron chi connectivity index (χ4n) is 0.390. The Morgan fingerprint density at radius 2 is 2.50 bits per heavy atom. The molecule has 0 rings (SSSR count). The predicted octanol–water partition coefficient (Wildman–Crippen LogP) is 0.00400. The van der Waals surface area contributed by atoms with Crippen LogP contribution in [0.15, 0.2) is 0 Å². The Morgan fingerprint density at radius 3 is 2.62 bits per heavy atom. The summed E-state index contributed by atoms with van der Waals surface area (Å²) in [6.07, 6.45) is 1.82. The second-order valence-electron chi connectivity index (χ2n) is 1.41. The molecule has 0 saturated heterocycles. The van der Waals surface area contributed by atoms with Crippen molar-refractivity contribution >= 4 is 18.9 Å². The molecule has 47 valence electrons. The third-order valence-corrected chi connectivity index (χ3v) is 1.14. The van der Waals surface area contributed by atoms with Gasteiger partial charge in [-0.05, 0) is 6.54 Å². The van der Waals surface area contributed by atoms with Crippen molar-refractivity contribution < 1.29 is 4.79 Å². The van der Waals surface area contributed by atoms with Gasteiger partial charge < -0.3 is 5.32 Å². The number of hydrogen-bond donors (Lipinski definition) is 2. The van der Waals surface area contributed by atoms with E-state index < -0.39 is 0 Å². The molecular formula is C5H10NOS. The van der Waals surface area contributed by atoms with E-state index in [0.29, 0.717) is 5.75 Å². The van der Waals surface area contributed by atoms with Gasteiger partial charge in [-0.15, -0.1) is 0 Å². The Bertz CT molecular complexity index is 67.4. The normalized spacial score (nSPS) is 13.2. The molecule has 2 nitrogen and oxygen atoms in total. The van der Waals surface area contributed by atoms with Gasteiger partial charge in [0.05, 0.1) is 6.04 Å². The molecule has 0 aliphatic carbocycles. The van der Waals surface area contributed by atoms with Crippen LogP contribution < -0.4 is 5.32 Å². The van der Waals surface area contributed by atoms with Crippen LogP contribution in [0.1, 0.15) is 6.92 Å². The van der Waals surface area contributed by atoms with Crippen LogP contribution in [0.3, 0.4) is 0 Å². The van der Waals surface area contributed by atoms with Crippen molar-refractivity contribution in [3.63, 3.8) is 0 Å². The Kier molecular flexibility index (Phi) is 5.11. The van der Waals surface area contributed by atoms with Crippen molar-refractivity contribution in [3.8, 4) is 0 Å². The largest absolute Gasteiger partial charge is 0.307 e. The summed E-state index contributed by atoms with van der Waals surface area (Å²) in [4.78, 5) is 9.89. The van der Waals surface area contributed by atoms with Gasteiger partial charge >= 0.3 is 0 Å². The molecule has 3 heteroatoms. The van der Waals surface area contributed by atoms with Crippen molar-refractivity contribution in [2.75, 3.05) is 12.3 Å². The van der Waals surface area contributed by atoms with E-state index in [1.54, 1.807) is 0 Å². The minimum absolute atomic E-state index is 0.191. The summed E-state index contributed by atoms with van der Waals surface area (Å²) in [6.45, 7) is 2.73. The molecule has 0 bridgehead atoms. The molecule has 0 fully saturated rings. The molecule has 1 N–H and O–H groups in total. The van der Waals surface area contributed by atoms with Gasteiger partial charge in [0.25, 0.3) is 0 Å². The molecule has 0 aliphatic rings. The minimum atomic E-state index is -0.191. The summed E-state index contributed by atoms with van der Waals surface area (Å²) in [6, 6.07) is -0.191. The maximum atomic E-state index is 9.89. The van der Waals surface area contributed by atoms with Gasteiger partial charge in [-0.1, -0.05) is 6.92 Å². The molecule has 0 spiro atoms. The fourth-order valence-corrected chi connectivity index (χ4v) is 0.594. The van der Waals surface area contributed by atoms with Crippen LogP contribution in [0.4, 0.5) is 0 Å². The van der Waals surface area contributed by atoms with Crippen LogP contribution in [0.25, 0.3) is 0 Å². The first-order valence-corrected chi connectivity index (χ1v) is 3.20. The Balaban J connectivity index is 3.21. The topological polar surface area (TPSA) is 29.1 Å². The molecule has 0 aromatic heterocycles. The average Bonchev–Trinajstić information content (AvgIpc) is 1.83. The number of hydrogen-bond acceptors (Lipinski definition) is 3. The summed E-state index contributed by atoms with van der Waals surface area (Å²) in [5.41, 5.74) is 0. The monoisotopic (exact) mass is 132 g/mol.